The molecule has 3 N–H and O–H groups in total. The Kier molecular flexibility index (Phi) is 2.46. The molecule has 14 heavy (non-hydrogen) atoms. The molecule has 0 aliphatic heterocycles. The standard InChI is InChI=1S/C9H13ClN4/c1-5-7(11)8(14-9(10)13-5)12-4-6-2-3-6/h6H,2-4,11H2,1H3,(H,12,13,14). The first-order valence-electron chi connectivity index (χ1n) is 4.70. The van der Waals surface area contributed by atoms with Crippen molar-refractivity contribution in [2.45, 2.75) is 19.8 Å². The molecule has 1 saturated carbocycles. The van der Waals surface area contributed by atoms with Gasteiger partial charge in [-0.1, -0.05) is 0 Å². The molecular weight excluding hydrogens is 200 g/mol. The van der Waals surface area contributed by atoms with Crippen LogP contribution in [-0.2, 0) is 0 Å². The summed E-state index contributed by atoms with van der Waals surface area (Å²) in [7, 11) is 0. The second-order valence-corrected chi connectivity index (χ2v) is 4.00. The highest BCUT2D eigenvalue weighted by atomic mass is 35.5. The van der Waals surface area contributed by atoms with Crippen molar-refractivity contribution in [1.82, 2.24) is 9.97 Å². The lowest BCUT2D eigenvalue weighted by atomic mass is 10.3. The summed E-state index contributed by atoms with van der Waals surface area (Å²) in [4.78, 5) is 8.02. The quantitative estimate of drug-likeness (QED) is 0.751. The van der Waals surface area contributed by atoms with Gasteiger partial charge in [0, 0.05) is 6.54 Å². The van der Waals surface area contributed by atoms with Gasteiger partial charge in [0.1, 0.15) is 0 Å². The van der Waals surface area contributed by atoms with Crippen molar-refractivity contribution >= 4 is 23.1 Å². The number of rotatable bonds is 3. The largest absolute Gasteiger partial charge is 0.394 e. The van der Waals surface area contributed by atoms with E-state index in [2.05, 4.69) is 15.3 Å². The maximum Gasteiger partial charge on any atom is 0.224 e. The summed E-state index contributed by atoms with van der Waals surface area (Å²) in [5.41, 5.74) is 7.13. The molecule has 0 radical (unpaired) electrons. The SMILES string of the molecule is Cc1nc(Cl)nc(NCC2CC2)c1N. The van der Waals surface area contributed by atoms with Crippen LogP contribution in [0.3, 0.4) is 0 Å². The molecule has 1 fully saturated rings. The molecule has 0 aromatic carbocycles. The first-order chi connectivity index (χ1) is 6.66. The van der Waals surface area contributed by atoms with Crippen molar-refractivity contribution in [3.8, 4) is 0 Å². The lowest BCUT2D eigenvalue weighted by molar-refractivity contribution is 0.881. The number of halogens is 1. The van der Waals surface area contributed by atoms with E-state index in [9.17, 15) is 0 Å². The van der Waals surface area contributed by atoms with Crippen LogP contribution >= 0.6 is 11.6 Å². The minimum absolute atomic E-state index is 0.245. The van der Waals surface area contributed by atoms with Crippen molar-refractivity contribution in [2.24, 2.45) is 5.92 Å². The van der Waals surface area contributed by atoms with E-state index in [-0.39, 0.29) is 5.28 Å². The first-order valence-corrected chi connectivity index (χ1v) is 5.08. The number of nitrogens with one attached hydrogen (secondary N) is 1. The summed E-state index contributed by atoms with van der Waals surface area (Å²) in [6.45, 7) is 2.75. The van der Waals surface area contributed by atoms with E-state index in [4.69, 9.17) is 17.3 Å². The van der Waals surface area contributed by atoms with E-state index in [1.54, 1.807) is 0 Å². The normalized spacial score (nSPS) is 15.6. The number of aryl methyl sites for hydroxylation is 1. The van der Waals surface area contributed by atoms with Gasteiger partial charge in [-0.15, -0.1) is 0 Å². The topological polar surface area (TPSA) is 63.8 Å². The Morgan fingerprint density at radius 2 is 2.21 bits per heavy atom. The fourth-order valence-electron chi connectivity index (χ4n) is 1.25. The molecular formula is C9H13ClN4. The van der Waals surface area contributed by atoms with Crippen molar-refractivity contribution in [3.05, 3.63) is 11.0 Å². The number of aromatic nitrogens is 2. The Hall–Kier alpha value is -1.03. The lowest BCUT2D eigenvalue weighted by Crippen LogP contribution is -2.09. The van der Waals surface area contributed by atoms with Crippen molar-refractivity contribution in [3.63, 3.8) is 0 Å². The molecule has 76 valence electrons. The predicted molar refractivity (Wildman–Crippen MR) is 57.4 cm³/mol. The maximum absolute atomic E-state index is 5.81. The van der Waals surface area contributed by atoms with Gasteiger partial charge in [0.2, 0.25) is 5.28 Å². The fraction of sp³-hybridized carbons (Fsp3) is 0.556. The summed E-state index contributed by atoms with van der Waals surface area (Å²) >= 11 is 5.74. The summed E-state index contributed by atoms with van der Waals surface area (Å²) in [6, 6.07) is 0. The van der Waals surface area contributed by atoms with E-state index in [0.29, 0.717) is 11.5 Å². The Morgan fingerprint density at radius 3 is 2.86 bits per heavy atom. The van der Waals surface area contributed by atoms with Gasteiger partial charge in [-0.25, -0.2) is 4.98 Å². The van der Waals surface area contributed by atoms with Crippen molar-refractivity contribution in [2.75, 3.05) is 17.6 Å². The summed E-state index contributed by atoms with van der Waals surface area (Å²) < 4.78 is 0. The number of nitrogens with zero attached hydrogens (tertiary/aromatic N) is 2. The summed E-state index contributed by atoms with van der Waals surface area (Å²) in [6.07, 6.45) is 2.59. The Morgan fingerprint density at radius 1 is 1.50 bits per heavy atom. The van der Waals surface area contributed by atoms with Crippen LogP contribution in [0.25, 0.3) is 0 Å². The molecule has 0 amide bonds. The van der Waals surface area contributed by atoms with Crippen LogP contribution < -0.4 is 11.1 Å². The van der Waals surface area contributed by atoms with Gasteiger partial charge < -0.3 is 11.1 Å². The average molecular weight is 213 g/mol. The van der Waals surface area contributed by atoms with Gasteiger partial charge >= 0.3 is 0 Å². The molecule has 0 bridgehead atoms. The molecule has 0 unspecified atom stereocenters. The van der Waals surface area contributed by atoms with E-state index in [1.807, 2.05) is 6.92 Å². The Balaban J connectivity index is 2.13. The molecule has 0 atom stereocenters. The summed E-state index contributed by atoms with van der Waals surface area (Å²) in [5.74, 6) is 1.44. The number of hydrogen-bond acceptors (Lipinski definition) is 4. The minimum Gasteiger partial charge on any atom is -0.394 e. The van der Waals surface area contributed by atoms with Crippen LogP contribution in [0.15, 0.2) is 0 Å². The van der Waals surface area contributed by atoms with E-state index < -0.39 is 0 Å². The summed E-state index contributed by atoms with van der Waals surface area (Å²) in [5, 5.41) is 3.44. The monoisotopic (exact) mass is 212 g/mol. The minimum atomic E-state index is 0.245. The van der Waals surface area contributed by atoms with Gasteiger partial charge in [-0.05, 0) is 37.3 Å². The van der Waals surface area contributed by atoms with Crippen LogP contribution in [0.5, 0.6) is 0 Å². The highest BCUT2D eigenvalue weighted by Gasteiger charge is 2.21. The number of hydrogen-bond donors (Lipinski definition) is 2. The zero-order valence-electron chi connectivity index (χ0n) is 8.05. The number of anilines is 2. The van der Waals surface area contributed by atoms with Gasteiger partial charge in [-0.3, -0.25) is 0 Å². The Bertz CT molecular complexity index is 349. The lowest BCUT2D eigenvalue weighted by Gasteiger charge is -2.09. The van der Waals surface area contributed by atoms with Crippen molar-refractivity contribution in [1.29, 1.82) is 0 Å². The zero-order valence-corrected chi connectivity index (χ0v) is 8.80. The molecule has 0 saturated heterocycles. The smallest absolute Gasteiger partial charge is 0.224 e. The third-order valence-corrected chi connectivity index (χ3v) is 2.53. The Labute approximate surface area is 87.9 Å². The first kappa shape index (κ1) is 9.52. The molecule has 1 heterocycles. The van der Waals surface area contributed by atoms with Crippen LogP contribution in [0.2, 0.25) is 5.28 Å². The third-order valence-electron chi connectivity index (χ3n) is 2.36. The van der Waals surface area contributed by atoms with E-state index in [0.717, 1.165) is 18.2 Å². The maximum atomic E-state index is 5.81. The third kappa shape index (κ3) is 2.07. The van der Waals surface area contributed by atoms with Gasteiger partial charge in [0.25, 0.3) is 0 Å². The molecule has 0 spiro atoms. The van der Waals surface area contributed by atoms with Gasteiger partial charge in [0.15, 0.2) is 5.82 Å². The van der Waals surface area contributed by atoms with E-state index >= 15 is 0 Å². The van der Waals surface area contributed by atoms with Gasteiger partial charge in [0.05, 0.1) is 11.4 Å². The molecule has 2 rings (SSSR count). The zero-order chi connectivity index (χ0) is 10.1. The molecule has 1 aromatic heterocycles. The number of nitrogens with two attached hydrogens (primary N) is 1. The number of nitrogen functional groups attached to an aromatic ring is 1. The average Bonchev–Trinajstić information content (AvgIpc) is 2.92. The van der Waals surface area contributed by atoms with Gasteiger partial charge in [-0.2, -0.15) is 4.98 Å². The van der Waals surface area contributed by atoms with Crippen LogP contribution in [0.4, 0.5) is 11.5 Å². The molecule has 1 aliphatic carbocycles. The van der Waals surface area contributed by atoms with E-state index in [1.165, 1.54) is 12.8 Å². The molecule has 5 heteroatoms. The van der Waals surface area contributed by atoms with Crippen LogP contribution in [0.1, 0.15) is 18.5 Å². The fourth-order valence-corrected chi connectivity index (χ4v) is 1.46. The second-order valence-electron chi connectivity index (χ2n) is 3.66. The highest BCUT2D eigenvalue weighted by Crippen LogP contribution is 2.30. The molecule has 1 aliphatic rings. The molecule has 1 aromatic rings. The van der Waals surface area contributed by atoms with Crippen LogP contribution in [0, 0.1) is 12.8 Å². The van der Waals surface area contributed by atoms with Crippen LogP contribution in [-0.4, -0.2) is 16.5 Å². The highest BCUT2D eigenvalue weighted by molar-refractivity contribution is 6.28. The molecule has 4 nitrogen and oxygen atoms in total. The predicted octanol–water partition coefficient (Wildman–Crippen LogP) is 1.84. The second kappa shape index (κ2) is 3.61. The van der Waals surface area contributed by atoms with Crippen molar-refractivity contribution < 1.29 is 0 Å².